The van der Waals surface area contributed by atoms with Gasteiger partial charge < -0.3 is 9.84 Å². The van der Waals surface area contributed by atoms with Crippen molar-refractivity contribution in [1.29, 1.82) is 0 Å². The maximum Gasteiger partial charge on any atom is 0.239 e. The van der Waals surface area contributed by atoms with E-state index < -0.39 is 5.82 Å². The van der Waals surface area contributed by atoms with Gasteiger partial charge in [-0.05, 0) is 13.8 Å². The topological polar surface area (TPSA) is 102 Å². The van der Waals surface area contributed by atoms with E-state index in [0.29, 0.717) is 12.3 Å². The number of aryl methyl sites for hydroxylation is 2. The lowest BCUT2D eigenvalue weighted by Gasteiger charge is -2.07. The van der Waals surface area contributed by atoms with E-state index in [0.717, 1.165) is 17.5 Å². The summed E-state index contributed by atoms with van der Waals surface area (Å²) in [6, 6.07) is 0. The minimum atomic E-state index is -0.555. The molecule has 2 heterocycles. The first-order valence-electron chi connectivity index (χ1n) is 5.26. The molecular formula is C10H13FN6O. The fourth-order valence-corrected chi connectivity index (χ4v) is 1.49. The molecule has 0 aliphatic heterocycles. The second-order valence-corrected chi connectivity index (χ2v) is 3.69. The van der Waals surface area contributed by atoms with Gasteiger partial charge >= 0.3 is 0 Å². The number of hydrogen-bond acceptors (Lipinski definition) is 7. The average molecular weight is 252 g/mol. The van der Waals surface area contributed by atoms with Crippen molar-refractivity contribution < 1.29 is 8.91 Å². The van der Waals surface area contributed by atoms with E-state index in [2.05, 4.69) is 25.9 Å². The molecule has 0 amide bonds. The first kappa shape index (κ1) is 12.2. The number of anilines is 2. The Morgan fingerprint density at radius 1 is 1.44 bits per heavy atom. The normalized spacial score (nSPS) is 10.4. The summed E-state index contributed by atoms with van der Waals surface area (Å²) in [5.74, 6) is 5.49. The molecule has 0 saturated carbocycles. The third kappa shape index (κ3) is 2.38. The highest BCUT2D eigenvalue weighted by Crippen LogP contribution is 2.16. The zero-order chi connectivity index (χ0) is 13.1. The number of nitrogens with two attached hydrogens (primary N) is 1. The number of halogens is 1. The summed E-state index contributed by atoms with van der Waals surface area (Å²) >= 11 is 0. The molecule has 0 spiro atoms. The molecule has 2 rings (SSSR count). The van der Waals surface area contributed by atoms with Crippen LogP contribution in [0.5, 0.6) is 0 Å². The molecule has 0 radical (unpaired) electrons. The third-order valence-corrected chi connectivity index (χ3v) is 2.49. The van der Waals surface area contributed by atoms with Crippen molar-refractivity contribution in [3.63, 3.8) is 0 Å². The highest BCUT2D eigenvalue weighted by Gasteiger charge is 2.11. The van der Waals surface area contributed by atoms with Crippen LogP contribution in [0.3, 0.4) is 0 Å². The Morgan fingerprint density at radius 2 is 2.22 bits per heavy atom. The molecule has 0 fully saturated rings. The molecule has 0 saturated heterocycles. The van der Waals surface area contributed by atoms with Crippen LogP contribution in [0, 0.1) is 19.7 Å². The lowest BCUT2D eigenvalue weighted by atomic mass is 10.2. The fourth-order valence-electron chi connectivity index (χ4n) is 1.49. The van der Waals surface area contributed by atoms with Crippen molar-refractivity contribution in [2.24, 2.45) is 5.84 Å². The van der Waals surface area contributed by atoms with E-state index >= 15 is 0 Å². The summed E-state index contributed by atoms with van der Waals surface area (Å²) in [7, 11) is 0. The monoisotopic (exact) mass is 252 g/mol. The number of aromatic nitrogens is 3. The summed E-state index contributed by atoms with van der Waals surface area (Å²) in [6.45, 7) is 3.97. The predicted octanol–water partition coefficient (Wildman–Crippen LogP) is 1.12. The van der Waals surface area contributed by atoms with Crippen LogP contribution in [-0.4, -0.2) is 15.1 Å². The van der Waals surface area contributed by atoms with Crippen molar-refractivity contribution >= 4 is 11.8 Å². The Hall–Kier alpha value is -2.22. The summed E-state index contributed by atoms with van der Waals surface area (Å²) in [6.07, 6.45) is 1.04. The van der Waals surface area contributed by atoms with Gasteiger partial charge in [-0.25, -0.2) is 15.2 Å². The third-order valence-electron chi connectivity index (χ3n) is 2.49. The first-order chi connectivity index (χ1) is 8.61. The zero-order valence-electron chi connectivity index (χ0n) is 9.99. The molecule has 0 atom stereocenters. The molecule has 0 unspecified atom stereocenters. The van der Waals surface area contributed by atoms with Crippen molar-refractivity contribution in [3.05, 3.63) is 29.0 Å². The smallest absolute Gasteiger partial charge is 0.239 e. The molecule has 0 aliphatic carbocycles. The molecule has 0 bridgehead atoms. The quantitative estimate of drug-likeness (QED) is 0.553. The molecule has 18 heavy (non-hydrogen) atoms. The number of rotatable bonds is 4. The van der Waals surface area contributed by atoms with E-state index in [9.17, 15) is 4.39 Å². The average Bonchev–Trinajstić information content (AvgIpc) is 2.68. The predicted molar refractivity (Wildman–Crippen MR) is 63.1 cm³/mol. The largest absolute Gasteiger partial charge is 0.363 e. The van der Waals surface area contributed by atoms with Crippen LogP contribution in [0.15, 0.2) is 10.7 Å². The van der Waals surface area contributed by atoms with Crippen molar-refractivity contribution in [1.82, 2.24) is 15.1 Å². The summed E-state index contributed by atoms with van der Waals surface area (Å²) in [5.41, 5.74) is 3.88. The molecule has 2 aromatic rings. The van der Waals surface area contributed by atoms with Gasteiger partial charge in [0.1, 0.15) is 5.76 Å². The summed E-state index contributed by atoms with van der Waals surface area (Å²) in [5, 5.41) is 6.66. The molecule has 96 valence electrons. The lowest BCUT2D eigenvalue weighted by molar-refractivity contribution is 0.392. The zero-order valence-corrected chi connectivity index (χ0v) is 9.99. The van der Waals surface area contributed by atoms with Crippen LogP contribution in [0.25, 0.3) is 0 Å². The van der Waals surface area contributed by atoms with Crippen LogP contribution in [-0.2, 0) is 6.54 Å². The standard InChI is InChI=1S/C10H13FN6O/c1-5-7(6(2)18-17-5)3-13-9-8(11)4-14-10(15-9)16-12/h4H,3,12H2,1-2H3,(H2,13,14,15,16). The Labute approximate surface area is 103 Å². The van der Waals surface area contributed by atoms with Crippen LogP contribution in [0.1, 0.15) is 17.0 Å². The molecule has 2 aromatic heterocycles. The fraction of sp³-hybridized carbons (Fsp3) is 0.300. The lowest BCUT2D eigenvalue weighted by Crippen LogP contribution is -2.13. The maximum absolute atomic E-state index is 13.4. The molecule has 4 N–H and O–H groups in total. The Morgan fingerprint density at radius 3 is 2.83 bits per heavy atom. The van der Waals surface area contributed by atoms with Crippen LogP contribution < -0.4 is 16.6 Å². The SMILES string of the molecule is Cc1noc(C)c1CNc1nc(NN)ncc1F. The van der Waals surface area contributed by atoms with Gasteiger partial charge in [0.05, 0.1) is 11.9 Å². The van der Waals surface area contributed by atoms with E-state index in [1.54, 1.807) is 6.92 Å². The minimum Gasteiger partial charge on any atom is -0.363 e. The van der Waals surface area contributed by atoms with Crippen LogP contribution in [0.2, 0.25) is 0 Å². The van der Waals surface area contributed by atoms with Crippen LogP contribution in [0.4, 0.5) is 16.2 Å². The summed E-state index contributed by atoms with van der Waals surface area (Å²) < 4.78 is 18.5. The highest BCUT2D eigenvalue weighted by atomic mass is 19.1. The molecular weight excluding hydrogens is 239 g/mol. The van der Waals surface area contributed by atoms with Gasteiger partial charge in [0.25, 0.3) is 0 Å². The van der Waals surface area contributed by atoms with Gasteiger partial charge in [0.15, 0.2) is 11.6 Å². The van der Waals surface area contributed by atoms with E-state index in [-0.39, 0.29) is 11.8 Å². The number of hydrazine groups is 1. The Bertz CT molecular complexity index is 536. The molecule has 0 aliphatic rings. The maximum atomic E-state index is 13.4. The van der Waals surface area contributed by atoms with Gasteiger partial charge in [0, 0.05) is 12.1 Å². The van der Waals surface area contributed by atoms with Gasteiger partial charge in [-0.2, -0.15) is 4.98 Å². The van der Waals surface area contributed by atoms with Crippen molar-refractivity contribution in [3.8, 4) is 0 Å². The van der Waals surface area contributed by atoms with Gasteiger partial charge in [-0.3, -0.25) is 5.43 Å². The van der Waals surface area contributed by atoms with Crippen LogP contribution >= 0.6 is 0 Å². The number of nitrogen functional groups attached to an aromatic ring is 1. The van der Waals surface area contributed by atoms with E-state index in [4.69, 9.17) is 10.4 Å². The van der Waals surface area contributed by atoms with Gasteiger partial charge in [-0.15, -0.1) is 0 Å². The molecule has 8 heteroatoms. The number of hydrogen-bond donors (Lipinski definition) is 3. The van der Waals surface area contributed by atoms with Gasteiger partial charge in [0.2, 0.25) is 5.95 Å². The number of nitrogens with one attached hydrogen (secondary N) is 2. The van der Waals surface area contributed by atoms with Gasteiger partial charge in [-0.1, -0.05) is 5.16 Å². The molecule has 7 nitrogen and oxygen atoms in total. The van der Waals surface area contributed by atoms with Crippen molar-refractivity contribution in [2.45, 2.75) is 20.4 Å². The minimum absolute atomic E-state index is 0.0675. The number of nitrogens with zero attached hydrogens (tertiary/aromatic N) is 3. The first-order valence-corrected chi connectivity index (χ1v) is 5.26. The Balaban J connectivity index is 2.15. The Kier molecular flexibility index (Phi) is 3.38. The van der Waals surface area contributed by atoms with E-state index in [1.807, 2.05) is 6.92 Å². The second-order valence-electron chi connectivity index (χ2n) is 3.69. The van der Waals surface area contributed by atoms with E-state index in [1.165, 1.54) is 0 Å². The van der Waals surface area contributed by atoms with Crippen molar-refractivity contribution in [2.75, 3.05) is 10.7 Å². The molecule has 0 aromatic carbocycles. The highest BCUT2D eigenvalue weighted by molar-refractivity contribution is 5.41. The second kappa shape index (κ2) is 4.96. The summed E-state index contributed by atoms with van der Waals surface area (Å²) in [4.78, 5) is 7.51.